The highest BCUT2D eigenvalue weighted by Crippen LogP contribution is 2.14. The van der Waals surface area contributed by atoms with Gasteiger partial charge in [-0.15, -0.1) is 0 Å². The fourth-order valence-corrected chi connectivity index (χ4v) is 1.80. The second kappa shape index (κ2) is 5.59. The van der Waals surface area contributed by atoms with Crippen LogP contribution in [0, 0.1) is 5.92 Å². The van der Waals surface area contributed by atoms with E-state index < -0.39 is 11.9 Å². The smallest absolute Gasteiger partial charge is 0.319 e. The van der Waals surface area contributed by atoms with Gasteiger partial charge in [-0.1, -0.05) is 6.07 Å². The summed E-state index contributed by atoms with van der Waals surface area (Å²) >= 11 is 0. The number of hydrogen-bond acceptors (Lipinski definition) is 5. The Balaban J connectivity index is 2.00. The normalized spacial score (nSPS) is 23.3. The van der Waals surface area contributed by atoms with Gasteiger partial charge in [0.15, 0.2) is 0 Å². The third kappa shape index (κ3) is 2.65. The summed E-state index contributed by atoms with van der Waals surface area (Å²) in [5, 5.41) is 5.81. The lowest BCUT2D eigenvalue weighted by molar-refractivity contribution is -0.153. The van der Waals surface area contributed by atoms with Crippen molar-refractivity contribution < 1.29 is 14.3 Å². The zero-order chi connectivity index (χ0) is 13.0. The molecule has 0 saturated carbocycles. The first-order valence-electron chi connectivity index (χ1n) is 5.82. The number of hydrogen-bond donors (Lipinski definition) is 2. The van der Waals surface area contributed by atoms with E-state index in [9.17, 15) is 9.59 Å². The molecule has 2 rings (SSSR count). The summed E-state index contributed by atoms with van der Waals surface area (Å²) in [6, 6.07) is 3.65. The number of carbonyl (C=O) groups is 2. The Morgan fingerprint density at radius 1 is 1.61 bits per heavy atom. The molecule has 18 heavy (non-hydrogen) atoms. The highest BCUT2D eigenvalue weighted by atomic mass is 16.5. The third-order valence-electron chi connectivity index (χ3n) is 2.72. The molecule has 0 spiro atoms. The van der Waals surface area contributed by atoms with E-state index in [2.05, 4.69) is 15.6 Å². The Hall–Kier alpha value is -1.95. The number of pyridine rings is 1. The van der Waals surface area contributed by atoms with Crippen LogP contribution in [0.25, 0.3) is 0 Å². The molecule has 0 radical (unpaired) electrons. The van der Waals surface area contributed by atoms with Gasteiger partial charge in [0.05, 0.1) is 6.61 Å². The van der Waals surface area contributed by atoms with Gasteiger partial charge >= 0.3 is 5.97 Å². The van der Waals surface area contributed by atoms with Gasteiger partial charge in [0.25, 0.3) is 0 Å². The highest BCUT2D eigenvalue weighted by molar-refractivity contribution is 5.98. The minimum absolute atomic E-state index is 0.268. The van der Waals surface area contributed by atoms with Crippen LogP contribution in [0.15, 0.2) is 24.5 Å². The van der Waals surface area contributed by atoms with Gasteiger partial charge in [-0.3, -0.25) is 19.9 Å². The number of ether oxygens (including phenoxy) is 1. The van der Waals surface area contributed by atoms with Crippen LogP contribution in [-0.4, -0.2) is 30.0 Å². The zero-order valence-electron chi connectivity index (χ0n) is 10.1. The topological polar surface area (TPSA) is 80.3 Å². The van der Waals surface area contributed by atoms with Gasteiger partial charge in [-0.05, 0) is 13.0 Å². The minimum atomic E-state index is -0.780. The van der Waals surface area contributed by atoms with E-state index in [0.29, 0.717) is 0 Å². The van der Waals surface area contributed by atoms with Gasteiger partial charge in [0.1, 0.15) is 12.1 Å². The molecule has 1 aromatic heterocycles. The van der Waals surface area contributed by atoms with Crippen molar-refractivity contribution in [3.05, 3.63) is 30.1 Å². The predicted octanol–water partition coefficient (Wildman–Crippen LogP) is -0.0211. The molecule has 2 unspecified atom stereocenters. The second-order valence-corrected chi connectivity index (χ2v) is 3.94. The van der Waals surface area contributed by atoms with Gasteiger partial charge in [0, 0.05) is 24.5 Å². The summed E-state index contributed by atoms with van der Waals surface area (Å²) in [6.07, 6.45) is 3.02. The molecule has 2 heterocycles. The van der Waals surface area contributed by atoms with Crippen LogP contribution in [0.1, 0.15) is 18.7 Å². The number of rotatable bonds is 3. The van der Waals surface area contributed by atoms with Crippen molar-refractivity contribution >= 4 is 11.9 Å². The number of amides is 1. The predicted molar refractivity (Wildman–Crippen MR) is 63.2 cm³/mol. The molecule has 96 valence electrons. The second-order valence-electron chi connectivity index (χ2n) is 3.94. The van der Waals surface area contributed by atoms with Crippen molar-refractivity contribution in [3.8, 4) is 0 Å². The van der Waals surface area contributed by atoms with E-state index in [0.717, 1.165) is 5.56 Å². The molecule has 1 aromatic rings. The van der Waals surface area contributed by atoms with E-state index >= 15 is 0 Å². The van der Waals surface area contributed by atoms with Gasteiger partial charge in [-0.2, -0.15) is 0 Å². The SMILES string of the molecule is CCOC(=O)C1CNC(c2cccnc2)NC1=O. The quantitative estimate of drug-likeness (QED) is 0.581. The molecule has 1 aliphatic heterocycles. The van der Waals surface area contributed by atoms with Gasteiger partial charge in [-0.25, -0.2) is 0 Å². The van der Waals surface area contributed by atoms with Crippen molar-refractivity contribution in [1.82, 2.24) is 15.6 Å². The first-order chi connectivity index (χ1) is 8.72. The van der Waals surface area contributed by atoms with E-state index in [1.807, 2.05) is 6.07 Å². The first-order valence-corrected chi connectivity index (χ1v) is 5.82. The van der Waals surface area contributed by atoms with E-state index in [4.69, 9.17) is 4.74 Å². The van der Waals surface area contributed by atoms with Crippen molar-refractivity contribution in [2.75, 3.05) is 13.2 Å². The summed E-state index contributed by atoms with van der Waals surface area (Å²) in [7, 11) is 0. The van der Waals surface area contributed by atoms with Crippen LogP contribution < -0.4 is 10.6 Å². The molecule has 1 aliphatic rings. The van der Waals surface area contributed by atoms with E-state index in [1.165, 1.54) is 0 Å². The van der Waals surface area contributed by atoms with Crippen molar-refractivity contribution in [3.63, 3.8) is 0 Å². The molecule has 6 heteroatoms. The summed E-state index contributed by atoms with van der Waals surface area (Å²) in [6.45, 7) is 2.25. The summed E-state index contributed by atoms with van der Waals surface area (Å²) in [5.41, 5.74) is 0.855. The lowest BCUT2D eigenvalue weighted by atomic mass is 10.0. The van der Waals surface area contributed by atoms with Crippen molar-refractivity contribution in [2.45, 2.75) is 13.1 Å². The maximum absolute atomic E-state index is 11.8. The molecule has 1 saturated heterocycles. The summed E-state index contributed by atoms with van der Waals surface area (Å²) in [4.78, 5) is 27.3. The Labute approximate surface area is 105 Å². The fraction of sp³-hybridized carbons (Fsp3) is 0.417. The van der Waals surface area contributed by atoms with Crippen LogP contribution in [0.4, 0.5) is 0 Å². The van der Waals surface area contributed by atoms with E-state index in [-0.39, 0.29) is 25.2 Å². The monoisotopic (exact) mass is 249 g/mol. The maximum atomic E-state index is 11.8. The Kier molecular flexibility index (Phi) is 3.88. The summed E-state index contributed by atoms with van der Waals surface area (Å²) < 4.78 is 4.84. The van der Waals surface area contributed by atoms with Crippen LogP contribution in [0.2, 0.25) is 0 Å². The highest BCUT2D eigenvalue weighted by Gasteiger charge is 2.34. The Bertz CT molecular complexity index is 435. The van der Waals surface area contributed by atoms with Gasteiger partial charge < -0.3 is 10.1 Å². The molecule has 0 aromatic carbocycles. The average Bonchev–Trinajstić information content (AvgIpc) is 2.40. The van der Waals surface area contributed by atoms with Gasteiger partial charge in [0.2, 0.25) is 5.91 Å². The molecular formula is C12H15N3O3. The zero-order valence-corrected chi connectivity index (χ0v) is 10.1. The standard InChI is InChI=1S/C12H15N3O3/c1-2-18-12(17)9-7-14-10(15-11(9)16)8-4-3-5-13-6-8/h3-6,9-10,14H,2,7H2,1H3,(H,15,16). The van der Waals surface area contributed by atoms with Crippen LogP contribution in [0.5, 0.6) is 0 Å². The largest absolute Gasteiger partial charge is 0.465 e. The maximum Gasteiger partial charge on any atom is 0.319 e. The number of esters is 1. The molecule has 1 fully saturated rings. The Morgan fingerprint density at radius 2 is 2.44 bits per heavy atom. The average molecular weight is 249 g/mol. The van der Waals surface area contributed by atoms with Crippen molar-refractivity contribution in [2.24, 2.45) is 5.92 Å². The first kappa shape index (κ1) is 12.5. The number of nitrogens with zero attached hydrogens (tertiary/aromatic N) is 1. The minimum Gasteiger partial charge on any atom is -0.465 e. The molecule has 2 N–H and O–H groups in total. The molecular weight excluding hydrogens is 234 g/mol. The van der Waals surface area contributed by atoms with Crippen LogP contribution in [-0.2, 0) is 14.3 Å². The molecule has 6 nitrogen and oxygen atoms in total. The third-order valence-corrected chi connectivity index (χ3v) is 2.72. The molecule has 2 atom stereocenters. The number of carbonyl (C=O) groups excluding carboxylic acids is 2. The molecule has 1 amide bonds. The number of aromatic nitrogens is 1. The lowest BCUT2D eigenvalue weighted by Crippen LogP contribution is -2.53. The summed E-state index contributed by atoms with van der Waals surface area (Å²) in [5.74, 6) is -1.59. The Morgan fingerprint density at radius 3 is 3.06 bits per heavy atom. The molecule has 0 aliphatic carbocycles. The number of nitrogens with one attached hydrogen (secondary N) is 2. The van der Waals surface area contributed by atoms with Crippen molar-refractivity contribution in [1.29, 1.82) is 0 Å². The lowest BCUT2D eigenvalue weighted by Gasteiger charge is -2.29. The van der Waals surface area contributed by atoms with Crippen LogP contribution in [0.3, 0.4) is 0 Å². The molecule has 0 bridgehead atoms. The van der Waals surface area contributed by atoms with E-state index in [1.54, 1.807) is 25.4 Å². The van der Waals surface area contributed by atoms with Crippen LogP contribution >= 0.6 is 0 Å². The fourth-order valence-electron chi connectivity index (χ4n) is 1.80.